The van der Waals surface area contributed by atoms with Crippen molar-refractivity contribution < 1.29 is 24.4 Å². The van der Waals surface area contributed by atoms with Crippen molar-refractivity contribution in [3.05, 3.63) is 92.2 Å². The minimum absolute atomic E-state index is 0.119. The van der Waals surface area contributed by atoms with Crippen molar-refractivity contribution in [2.75, 3.05) is 12.0 Å². The summed E-state index contributed by atoms with van der Waals surface area (Å²) in [5, 5.41) is 22.6. The van der Waals surface area contributed by atoms with E-state index in [1.165, 1.54) is 36.4 Å². The highest BCUT2D eigenvalue weighted by atomic mass is 79.9. The smallest absolute Gasteiger partial charge is 0.301 e. The van der Waals surface area contributed by atoms with Gasteiger partial charge in [-0.1, -0.05) is 17.4 Å². The lowest BCUT2D eigenvalue weighted by Gasteiger charge is -2.22. The SMILES string of the molecule is COc1ccc(/C(O)=C2\C(=O)C(=O)N(c3nc4ccc([N+](=O)[O-])cc4s3)C2c2ccccn2)cc1Br. The molecule has 1 saturated heterocycles. The van der Waals surface area contributed by atoms with Gasteiger partial charge < -0.3 is 9.84 Å². The molecule has 0 radical (unpaired) electrons. The highest BCUT2D eigenvalue weighted by Gasteiger charge is 2.48. The molecule has 0 saturated carbocycles. The van der Waals surface area contributed by atoms with Crippen LogP contribution in [0.4, 0.5) is 10.8 Å². The third kappa shape index (κ3) is 3.89. The zero-order valence-electron chi connectivity index (χ0n) is 18.4. The van der Waals surface area contributed by atoms with Gasteiger partial charge >= 0.3 is 5.91 Å². The van der Waals surface area contributed by atoms with Gasteiger partial charge in [-0.25, -0.2) is 4.98 Å². The molecule has 1 fully saturated rings. The third-order valence-electron chi connectivity index (χ3n) is 5.62. The number of carbonyl (C=O) groups is 2. The lowest BCUT2D eigenvalue weighted by Crippen LogP contribution is -2.29. The molecule has 0 spiro atoms. The average Bonchev–Trinajstić information content (AvgIpc) is 3.41. The second-order valence-corrected chi connectivity index (χ2v) is 9.54. The van der Waals surface area contributed by atoms with Gasteiger partial charge in [0.1, 0.15) is 17.6 Å². The number of aliphatic hydroxyl groups is 1. The van der Waals surface area contributed by atoms with E-state index >= 15 is 0 Å². The third-order valence-corrected chi connectivity index (χ3v) is 7.25. The predicted octanol–water partition coefficient (Wildman–Crippen LogP) is 5.00. The molecule has 10 nitrogen and oxygen atoms in total. The van der Waals surface area contributed by atoms with E-state index in [1.54, 1.807) is 36.4 Å². The van der Waals surface area contributed by atoms with E-state index < -0.39 is 22.7 Å². The number of hydrogen-bond donors (Lipinski definition) is 1. The van der Waals surface area contributed by atoms with Gasteiger partial charge in [0.05, 0.1) is 38.0 Å². The lowest BCUT2D eigenvalue weighted by molar-refractivity contribution is -0.384. The van der Waals surface area contributed by atoms with Crippen LogP contribution in [-0.2, 0) is 9.59 Å². The summed E-state index contributed by atoms with van der Waals surface area (Å²) in [4.78, 5) is 47.2. The zero-order chi connectivity index (χ0) is 25.6. The number of amides is 1. The highest BCUT2D eigenvalue weighted by Crippen LogP contribution is 2.44. The number of rotatable bonds is 5. The number of non-ortho nitro benzene ring substituents is 1. The average molecular weight is 567 g/mol. The summed E-state index contributed by atoms with van der Waals surface area (Å²) in [5.74, 6) is -1.66. The van der Waals surface area contributed by atoms with E-state index in [0.717, 1.165) is 11.3 Å². The predicted molar refractivity (Wildman–Crippen MR) is 136 cm³/mol. The number of benzene rings is 2. The molecule has 5 rings (SSSR count). The first-order valence-corrected chi connectivity index (χ1v) is 12.0. The van der Waals surface area contributed by atoms with Gasteiger partial charge in [0.25, 0.3) is 11.5 Å². The monoisotopic (exact) mass is 566 g/mol. The maximum atomic E-state index is 13.3. The fourth-order valence-electron chi connectivity index (χ4n) is 3.93. The van der Waals surface area contributed by atoms with E-state index in [-0.39, 0.29) is 22.2 Å². The first-order chi connectivity index (χ1) is 17.3. The number of nitro groups is 1. The molecule has 0 aliphatic carbocycles. The molecule has 4 aromatic rings. The van der Waals surface area contributed by atoms with E-state index in [9.17, 15) is 24.8 Å². The van der Waals surface area contributed by atoms with Crippen LogP contribution in [-0.4, -0.2) is 38.8 Å². The Morgan fingerprint density at radius 3 is 2.67 bits per heavy atom. The number of ketones is 1. The summed E-state index contributed by atoms with van der Waals surface area (Å²) in [5.41, 5.74) is 0.797. The molecule has 0 bridgehead atoms. The van der Waals surface area contributed by atoms with Crippen LogP contribution in [0.1, 0.15) is 17.3 Å². The minimum atomic E-state index is -1.07. The Morgan fingerprint density at radius 2 is 2.00 bits per heavy atom. The van der Waals surface area contributed by atoms with Crippen LogP contribution >= 0.6 is 27.3 Å². The van der Waals surface area contributed by atoms with Gasteiger partial charge in [-0.05, 0) is 52.3 Å². The molecular weight excluding hydrogens is 552 g/mol. The van der Waals surface area contributed by atoms with Gasteiger partial charge in [0, 0.05) is 23.9 Å². The Bertz CT molecular complexity index is 1590. The van der Waals surface area contributed by atoms with Gasteiger partial charge in [-0.3, -0.25) is 29.6 Å². The Hall–Kier alpha value is -4.16. The van der Waals surface area contributed by atoms with Crippen LogP contribution in [0.3, 0.4) is 0 Å². The van der Waals surface area contributed by atoms with Crippen molar-refractivity contribution in [3.8, 4) is 5.75 Å². The standard InChI is InChI=1S/C24H15BrN4O6S/c1-35-17-8-5-12(10-14(17)25)21(30)19-20(16-4-2-3-9-26-16)28(23(32)22(19)31)24-27-15-7-6-13(29(33)34)11-18(15)36-24/h2-11,20,30H,1H3/b21-19+. The van der Waals surface area contributed by atoms with Gasteiger partial charge in [0.2, 0.25) is 0 Å². The zero-order valence-corrected chi connectivity index (χ0v) is 20.8. The summed E-state index contributed by atoms with van der Waals surface area (Å²) >= 11 is 4.39. The summed E-state index contributed by atoms with van der Waals surface area (Å²) < 4.78 is 6.25. The number of pyridine rings is 1. The normalized spacial score (nSPS) is 17.1. The molecule has 12 heteroatoms. The van der Waals surface area contributed by atoms with Crippen LogP contribution in [0.15, 0.2) is 70.8 Å². The second kappa shape index (κ2) is 9.13. The van der Waals surface area contributed by atoms with Crippen molar-refractivity contribution in [1.29, 1.82) is 0 Å². The molecular formula is C24H15BrN4O6S. The van der Waals surface area contributed by atoms with Gasteiger partial charge in [0.15, 0.2) is 5.13 Å². The number of carbonyl (C=O) groups excluding carboxylic acids is 2. The number of aromatic nitrogens is 2. The molecule has 180 valence electrons. The van der Waals surface area contributed by atoms with Gasteiger partial charge in [-0.15, -0.1) is 0 Å². The second-order valence-electron chi connectivity index (χ2n) is 7.68. The Balaban J connectivity index is 1.70. The van der Waals surface area contributed by atoms with Gasteiger partial charge in [-0.2, -0.15) is 0 Å². The topological polar surface area (TPSA) is 136 Å². The minimum Gasteiger partial charge on any atom is -0.507 e. The Morgan fingerprint density at radius 1 is 1.19 bits per heavy atom. The van der Waals surface area contributed by atoms with Crippen LogP contribution < -0.4 is 9.64 Å². The number of thiazole rings is 1. The van der Waals surface area contributed by atoms with Crippen molar-refractivity contribution in [3.63, 3.8) is 0 Å². The lowest BCUT2D eigenvalue weighted by atomic mass is 9.98. The maximum Gasteiger partial charge on any atom is 0.301 e. The molecule has 1 aliphatic rings. The fourth-order valence-corrected chi connectivity index (χ4v) is 5.50. The van der Waals surface area contributed by atoms with E-state index in [1.807, 2.05) is 0 Å². The molecule has 1 unspecified atom stereocenters. The summed E-state index contributed by atoms with van der Waals surface area (Å²) in [6, 6.07) is 12.9. The van der Waals surface area contributed by atoms with Crippen molar-refractivity contribution in [2.45, 2.75) is 6.04 Å². The summed E-state index contributed by atoms with van der Waals surface area (Å²) in [6.45, 7) is 0. The number of nitro benzene ring substituents is 1. The number of hydrogen-bond acceptors (Lipinski definition) is 9. The quantitative estimate of drug-likeness (QED) is 0.117. The molecule has 3 heterocycles. The maximum absolute atomic E-state index is 13.3. The molecule has 1 aliphatic heterocycles. The number of halogens is 1. The fraction of sp³-hybridized carbons (Fsp3) is 0.0833. The van der Waals surface area contributed by atoms with Crippen molar-refractivity contribution >= 4 is 65.8 Å². The van der Waals surface area contributed by atoms with Crippen molar-refractivity contribution in [1.82, 2.24) is 9.97 Å². The summed E-state index contributed by atoms with van der Waals surface area (Å²) in [6.07, 6.45) is 1.52. The Kier molecular flexibility index (Phi) is 5.98. The van der Waals surface area contributed by atoms with Crippen LogP contribution in [0.5, 0.6) is 5.75 Å². The molecule has 2 aromatic heterocycles. The molecule has 1 N–H and O–H groups in total. The molecule has 36 heavy (non-hydrogen) atoms. The van der Waals surface area contributed by atoms with Crippen LogP contribution in [0, 0.1) is 10.1 Å². The first kappa shape index (κ1) is 23.6. The van der Waals surface area contributed by atoms with E-state index in [0.29, 0.717) is 31.7 Å². The number of Topliss-reactive ketones (excluding diaryl/α,β-unsaturated/α-hetero) is 1. The van der Waals surface area contributed by atoms with Crippen molar-refractivity contribution in [2.24, 2.45) is 0 Å². The highest BCUT2D eigenvalue weighted by molar-refractivity contribution is 9.10. The van der Waals surface area contributed by atoms with E-state index in [2.05, 4.69) is 25.9 Å². The first-order valence-electron chi connectivity index (χ1n) is 10.4. The number of anilines is 1. The number of nitrogens with zero attached hydrogens (tertiary/aromatic N) is 4. The summed E-state index contributed by atoms with van der Waals surface area (Å²) in [7, 11) is 1.50. The molecule has 1 amide bonds. The van der Waals surface area contributed by atoms with Crippen LogP contribution in [0.25, 0.3) is 16.0 Å². The molecule has 2 aromatic carbocycles. The number of ether oxygens (including phenoxy) is 1. The number of methoxy groups -OCH3 is 1. The van der Waals surface area contributed by atoms with E-state index in [4.69, 9.17) is 4.74 Å². The number of fused-ring (bicyclic) bond motifs is 1. The Labute approximate surface area is 215 Å². The van der Waals surface area contributed by atoms with Crippen LogP contribution in [0.2, 0.25) is 0 Å². The number of aliphatic hydroxyl groups excluding tert-OH is 1. The molecule has 1 atom stereocenters. The largest absolute Gasteiger partial charge is 0.507 e.